The summed E-state index contributed by atoms with van der Waals surface area (Å²) in [6.45, 7) is 3.24. The second kappa shape index (κ2) is 6.03. The van der Waals surface area contributed by atoms with Gasteiger partial charge < -0.3 is 5.32 Å². The van der Waals surface area contributed by atoms with Gasteiger partial charge in [0.1, 0.15) is 0 Å². The number of benzene rings is 1. The Bertz CT molecular complexity index is 524. The van der Waals surface area contributed by atoms with E-state index in [1.807, 2.05) is 38.2 Å². The first-order chi connectivity index (χ1) is 9.06. The highest BCUT2D eigenvalue weighted by Crippen LogP contribution is 2.30. The Hall–Kier alpha value is -0.910. The molecule has 5 heteroatoms. The molecule has 2 rings (SSSR count). The number of rotatable bonds is 7. The zero-order valence-corrected chi connectivity index (χ0v) is 12.4. The van der Waals surface area contributed by atoms with Crippen LogP contribution in [0.4, 0.5) is 0 Å². The second-order valence-corrected chi connectivity index (χ2v) is 6.96. The van der Waals surface area contributed by atoms with Crippen LogP contribution in [0.25, 0.3) is 0 Å². The monoisotopic (exact) mass is 282 g/mol. The zero-order chi connectivity index (χ0) is 13.9. The van der Waals surface area contributed by atoms with Crippen molar-refractivity contribution in [2.45, 2.75) is 38.1 Å². The van der Waals surface area contributed by atoms with E-state index in [1.165, 1.54) is 0 Å². The summed E-state index contributed by atoms with van der Waals surface area (Å²) in [4.78, 5) is 0. The second-order valence-electron chi connectivity index (χ2n) is 5.04. The molecule has 0 atom stereocenters. The van der Waals surface area contributed by atoms with E-state index in [9.17, 15) is 8.42 Å². The first-order valence-electron chi connectivity index (χ1n) is 6.78. The first-order valence-corrected chi connectivity index (χ1v) is 8.39. The molecule has 1 aromatic carbocycles. The fraction of sp³-hybridized carbons (Fsp3) is 0.571. The molecule has 0 saturated heterocycles. The molecule has 1 aliphatic rings. The van der Waals surface area contributed by atoms with Crippen LogP contribution in [0, 0.1) is 0 Å². The molecule has 0 heterocycles. The van der Waals surface area contributed by atoms with E-state index < -0.39 is 10.0 Å². The van der Waals surface area contributed by atoms with Gasteiger partial charge in [0.25, 0.3) is 0 Å². The molecule has 0 aliphatic heterocycles. The lowest BCUT2D eigenvalue weighted by molar-refractivity contribution is 0.420. The average Bonchev–Trinajstić information content (AvgIpc) is 3.14. The van der Waals surface area contributed by atoms with Gasteiger partial charge in [-0.25, -0.2) is 8.42 Å². The van der Waals surface area contributed by atoms with Crippen LogP contribution < -0.4 is 5.32 Å². The lowest BCUT2D eigenvalue weighted by atomic mass is 10.1. The highest BCUT2D eigenvalue weighted by atomic mass is 32.2. The van der Waals surface area contributed by atoms with Gasteiger partial charge in [0.05, 0.1) is 5.75 Å². The van der Waals surface area contributed by atoms with Crippen molar-refractivity contribution in [3.05, 3.63) is 35.4 Å². The van der Waals surface area contributed by atoms with Gasteiger partial charge >= 0.3 is 0 Å². The van der Waals surface area contributed by atoms with Crippen LogP contribution in [0.15, 0.2) is 24.3 Å². The van der Waals surface area contributed by atoms with Gasteiger partial charge in [-0.15, -0.1) is 0 Å². The van der Waals surface area contributed by atoms with Gasteiger partial charge in [-0.05, 0) is 31.0 Å². The molecular formula is C14H22N2O2S. The van der Waals surface area contributed by atoms with Crippen molar-refractivity contribution in [1.82, 2.24) is 9.62 Å². The molecule has 4 nitrogen and oxygen atoms in total. The highest BCUT2D eigenvalue weighted by Gasteiger charge is 2.35. The van der Waals surface area contributed by atoms with Crippen LogP contribution in [0.2, 0.25) is 0 Å². The summed E-state index contributed by atoms with van der Waals surface area (Å²) in [7, 11) is -1.30. The quantitative estimate of drug-likeness (QED) is 0.828. The lowest BCUT2D eigenvalue weighted by Gasteiger charge is -2.20. The maximum Gasteiger partial charge on any atom is 0.218 e. The molecule has 1 saturated carbocycles. The number of hydrogen-bond donors (Lipinski definition) is 1. The molecule has 1 aliphatic carbocycles. The van der Waals surface area contributed by atoms with E-state index in [-0.39, 0.29) is 11.8 Å². The summed E-state index contributed by atoms with van der Waals surface area (Å²) in [6.07, 6.45) is 2.01. The van der Waals surface area contributed by atoms with Crippen LogP contribution in [-0.2, 0) is 22.3 Å². The Morgan fingerprint density at radius 2 is 2.00 bits per heavy atom. The zero-order valence-electron chi connectivity index (χ0n) is 11.6. The van der Waals surface area contributed by atoms with Crippen molar-refractivity contribution in [1.29, 1.82) is 0 Å². The van der Waals surface area contributed by atoms with Crippen LogP contribution >= 0.6 is 0 Å². The van der Waals surface area contributed by atoms with E-state index in [0.717, 1.165) is 30.5 Å². The third-order valence-electron chi connectivity index (χ3n) is 3.34. The predicted molar refractivity (Wildman–Crippen MR) is 77.2 cm³/mol. The minimum Gasteiger partial charge on any atom is -0.316 e. The van der Waals surface area contributed by atoms with Gasteiger partial charge in [0, 0.05) is 19.1 Å². The van der Waals surface area contributed by atoms with Crippen molar-refractivity contribution < 1.29 is 8.42 Å². The summed E-state index contributed by atoms with van der Waals surface area (Å²) in [5.41, 5.74) is 1.98. The smallest absolute Gasteiger partial charge is 0.218 e. The van der Waals surface area contributed by atoms with Crippen LogP contribution in [0.3, 0.4) is 0 Å². The molecule has 0 spiro atoms. The largest absolute Gasteiger partial charge is 0.316 e. The normalized spacial score (nSPS) is 15.9. The summed E-state index contributed by atoms with van der Waals surface area (Å²) >= 11 is 0. The van der Waals surface area contributed by atoms with Gasteiger partial charge in [-0.3, -0.25) is 0 Å². The van der Waals surface area contributed by atoms with Crippen LogP contribution in [0.1, 0.15) is 30.9 Å². The molecule has 0 amide bonds. The SMILES string of the molecule is CCN(C1CC1)S(=O)(=O)Cc1cccc(CNC)c1. The van der Waals surface area contributed by atoms with Gasteiger partial charge in [-0.1, -0.05) is 31.2 Å². The van der Waals surface area contributed by atoms with Gasteiger partial charge in [0.2, 0.25) is 10.0 Å². The molecule has 106 valence electrons. The number of sulfonamides is 1. The average molecular weight is 282 g/mol. The molecule has 1 aromatic rings. The molecule has 0 radical (unpaired) electrons. The number of nitrogens with zero attached hydrogens (tertiary/aromatic N) is 1. The topological polar surface area (TPSA) is 49.4 Å². The third-order valence-corrected chi connectivity index (χ3v) is 5.31. The molecule has 1 N–H and O–H groups in total. The molecule has 0 unspecified atom stereocenters. The summed E-state index contributed by atoms with van der Waals surface area (Å²) in [5.74, 6) is 0.106. The fourth-order valence-electron chi connectivity index (χ4n) is 2.37. The molecule has 0 bridgehead atoms. The Balaban J connectivity index is 2.12. The maximum absolute atomic E-state index is 12.4. The Labute approximate surface area is 115 Å². The van der Waals surface area contributed by atoms with Crippen molar-refractivity contribution in [3.8, 4) is 0 Å². The van der Waals surface area contributed by atoms with Gasteiger partial charge in [-0.2, -0.15) is 4.31 Å². The van der Waals surface area contributed by atoms with E-state index in [4.69, 9.17) is 0 Å². The lowest BCUT2D eigenvalue weighted by Crippen LogP contribution is -2.33. The van der Waals surface area contributed by atoms with Crippen LogP contribution in [-0.4, -0.2) is 32.4 Å². The standard InChI is InChI=1S/C14H22N2O2S/c1-3-16(14-7-8-14)19(17,18)11-13-6-4-5-12(9-13)10-15-2/h4-6,9,14-15H,3,7-8,10-11H2,1-2H3. The number of hydrogen-bond acceptors (Lipinski definition) is 3. The van der Waals surface area contributed by atoms with Gasteiger partial charge in [0.15, 0.2) is 0 Å². The summed E-state index contributed by atoms with van der Waals surface area (Å²) < 4.78 is 26.4. The van der Waals surface area contributed by atoms with E-state index in [0.29, 0.717) is 6.54 Å². The van der Waals surface area contributed by atoms with Crippen molar-refractivity contribution in [3.63, 3.8) is 0 Å². The Morgan fingerprint density at radius 3 is 2.58 bits per heavy atom. The predicted octanol–water partition coefficient (Wildman–Crippen LogP) is 1.72. The Morgan fingerprint density at radius 1 is 1.32 bits per heavy atom. The molecule has 0 aromatic heterocycles. The fourth-order valence-corrected chi connectivity index (χ4v) is 4.20. The van der Waals surface area contributed by atoms with E-state index in [2.05, 4.69) is 5.32 Å². The minimum absolute atomic E-state index is 0.106. The summed E-state index contributed by atoms with van der Waals surface area (Å²) in [6, 6.07) is 8.03. The van der Waals surface area contributed by atoms with Crippen molar-refractivity contribution in [2.75, 3.05) is 13.6 Å². The molecular weight excluding hydrogens is 260 g/mol. The Kier molecular flexibility index (Phi) is 4.60. The van der Waals surface area contributed by atoms with Crippen molar-refractivity contribution >= 4 is 10.0 Å². The maximum atomic E-state index is 12.4. The van der Waals surface area contributed by atoms with E-state index in [1.54, 1.807) is 4.31 Å². The number of nitrogens with one attached hydrogen (secondary N) is 1. The third kappa shape index (κ3) is 3.78. The van der Waals surface area contributed by atoms with Crippen LogP contribution in [0.5, 0.6) is 0 Å². The highest BCUT2D eigenvalue weighted by molar-refractivity contribution is 7.88. The minimum atomic E-state index is -3.18. The first kappa shape index (κ1) is 14.5. The van der Waals surface area contributed by atoms with Crippen molar-refractivity contribution in [2.24, 2.45) is 0 Å². The summed E-state index contributed by atoms with van der Waals surface area (Å²) in [5, 5.41) is 3.08. The molecule has 19 heavy (non-hydrogen) atoms. The molecule has 1 fully saturated rings. The van der Waals surface area contributed by atoms with E-state index >= 15 is 0 Å².